The number of anilines is 1. The fourth-order valence-electron chi connectivity index (χ4n) is 2.39. The lowest BCUT2D eigenvalue weighted by Gasteiger charge is -2.11. The first-order valence-electron chi connectivity index (χ1n) is 7.93. The van der Waals surface area contributed by atoms with E-state index in [0.29, 0.717) is 31.4 Å². The van der Waals surface area contributed by atoms with Crippen LogP contribution in [0.2, 0.25) is 0 Å². The number of nitrogens with zero attached hydrogens (tertiary/aromatic N) is 3. The van der Waals surface area contributed by atoms with Crippen LogP contribution in [0, 0.1) is 12.3 Å². The minimum Gasteiger partial charge on any atom is -0.394 e. The first kappa shape index (κ1) is 16.8. The lowest BCUT2D eigenvalue weighted by atomic mass is 10.1. The number of rotatable bonds is 7. The van der Waals surface area contributed by atoms with E-state index in [1.165, 1.54) is 0 Å². The molecule has 0 bridgehead atoms. The topological polar surface area (TPSA) is 80.2 Å². The summed E-state index contributed by atoms with van der Waals surface area (Å²) in [5.41, 5.74) is 2.40. The van der Waals surface area contributed by atoms with Gasteiger partial charge >= 0.3 is 0 Å². The van der Waals surface area contributed by atoms with Crippen molar-refractivity contribution in [3.63, 3.8) is 0 Å². The van der Waals surface area contributed by atoms with Crippen molar-refractivity contribution in [3.05, 3.63) is 48.3 Å². The number of benzene rings is 1. The number of aromatic nitrogens is 3. The second-order valence-electron chi connectivity index (χ2n) is 5.28. The lowest BCUT2D eigenvalue weighted by Crippen LogP contribution is -2.13. The Hall–Kier alpha value is -3.01. The fourth-order valence-corrected chi connectivity index (χ4v) is 2.39. The Morgan fingerprint density at radius 2 is 2.12 bits per heavy atom. The minimum absolute atomic E-state index is 0.00707. The van der Waals surface area contributed by atoms with Gasteiger partial charge in [0.25, 0.3) is 0 Å². The molecule has 1 aromatic carbocycles. The zero-order chi connectivity index (χ0) is 17.5. The summed E-state index contributed by atoms with van der Waals surface area (Å²) in [6.07, 6.45) is 8.94. The molecule has 25 heavy (non-hydrogen) atoms. The average Bonchev–Trinajstić information content (AvgIpc) is 2.68. The van der Waals surface area contributed by atoms with Crippen molar-refractivity contribution in [1.82, 2.24) is 15.0 Å². The van der Waals surface area contributed by atoms with Gasteiger partial charge in [0, 0.05) is 35.5 Å². The van der Waals surface area contributed by atoms with E-state index in [1.807, 2.05) is 30.3 Å². The molecule has 0 saturated carbocycles. The molecule has 0 aliphatic heterocycles. The van der Waals surface area contributed by atoms with Crippen molar-refractivity contribution in [2.45, 2.75) is 0 Å². The van der Waals surface area contributed by atoms with Gasteiger partial charge in [-0.1, -0.05) is 5.92 Å². The molecule has 0 aliphatic rings. The maximum atomic E-state index is 8.75. The molecule has 2 heterocycles. The normalized spacial score (nSPS) is 10.6. The predicted molar refractivity (Wildman–Crippen MR) is 97.1 cm³/mol. The van der Waals surface area contributed by atoms with Crippen LogP contribution in [0.25, 0.3) is 22.3 Å². The first-order valence-corrected chi connectivity index (χ1v) is 7.93. The summed E-state index contributed by atoms with van der Waals surface area (Å²) in [5, 5.41) is 12.9. The number of ether oxygens (including phenoxy) is 1. The predicted octanol–water partition coefficient (Wildman–Crippen LogP) is 2.09. The second-order valence-corrected chi connectivity index (χ2v) is 5.28. The maximum Gasteiger partial charge on any atom is 0.163 e. The molecule has 0 fully saturated rings. The van der Waals surface area contributed by atoms with Crippen molar-refractivity contribution >= 4 is 16.7 Å². The minimum atomic E-state index is 0.00707. The number of hydrogen-bond acceptors (Lipinski definition) is 6. The van der Waals surface area contributed by atoms with Crippen LogP contribution in [0.4, 0.5) is 5.82 Å². The largest absolute Gasteiger partial charge is 0.394 e. The van der Waals surface area contributed by atoms with Crippen molar-refractivity contribution in [1.29, 1.82) is 0 Å². The molecule has 3 aromatic rings. The number of fused-ring (bicyclic) bond motifs is 1. The van der Waals surface area contributed by atoms with Crippen LogP contribution in [-0.4, -0.2) is 46.4 Å². The van der Waals surface area contributed by atoms with Crippen LogP contribution in [0.15, 0.2) is 42.7 Å². The molecule has 0 spiro atoms. The average molecular weight is 334 g/mol. The van der Waals surface area contributed by atoms with Gasteiger partial charge in [0.15, 0.2) is 5.82 Å². The standard InChI is InChI=1S/C19H18N4O2/c1-2-14-5-6-17-16(12-14)19(21-8-10-25-11-9-24)23-18(22-17)15-4-3-7-20-13-15/h1,3-7,12-13,24H,8-11H2,(H,21,22,23). The van der Waals surface area contributed by atoms with E-state index in [0.717, 1.165) is 22.0 Å². The van der Waals surface area contributed by atoms with Crippen LogP contribution in [0.1, 0.15) is 5.56 Å². The summed E-state index contributed by atoms with van der Waals surface area (Å²) in [7, 11) is 0. The number of pyridine rings is 1. The Morgan fingerprint density at radius 1 is 1.20 bits per heavy atom. The van der Waals surface area contributed by atoms with Crippen molar-refractivity contribution in [3.8, 4) is 23.7 Å². The highest BCUT2D eigenvalue weighted by molar-refractivity contribution is 5.91. The zero-order valence-corrected chi connectivity index (χ0v) is 13.6. The molecule has 6 heteroatoms. The van der Waals surface area contributed by atoms with Crippen LogP contribution in [0.3, 0.4) is 0 Å². The van der Waals surface area contributed by atoms with Gasteiger partial charge in [-0.3, -0.25) is 4.98 Å². The Balaban J connectivity index is 1.96. The Labute approximate surface area is 145 Å². The summed E-state index contributed by atoms with van der Waals surface area (Å²) in [4.78, 5) is 13.4. The zero-order valence-electron chi connectivity index (χ0n) is 13.6. The summed E-state index contributed by atoms with van der Waals surface area (Å²) < 4.78 is 5.28. The molecule has 3 rings (SSSR count). The summed E-state index contributed by atoms with van der Waals surface area (Å²) in [5.74, 6) is 3.91. The van der Waals surface area contributed by atoms with E-state index in [1.54, 1.807) is 12.4 Å². The van der Waals surface area contributed by atoms with Gasteiger partial charge in [0.05, 0.1) is 25.3 Å². The molecule has 0 saturated heterocycles. The molecule has 0 radical (unpaired) electrons. The molecule has 0 atom stereocenters. The maximum absolute atomic E-state index is 8.75. The van der Waals surface area contributed by atoms with Crippen LogP contribution in [-0.2, 0) is 4.74 Å². The number of aliphatic hydroxyl groups excluding tert-OH is 1. The number of hydrogen-bond donors (Lipinski definition) is 2. The molecule has 0 unspecified atom stereocenters. The summed E-state index contributed by atoms with van der Waals surface area (Å²) >= 11 is 0. The SMILES string of the molecule is C#Cc1ccc2nc(-c3cccnc3)nc(NCCOCCO)c2c1. The number of terminal acetylenes is 1. The molecular formula is C19H18N4O2. The van der Waals surface area contributed by atoms with Gasteiger partial charge < -0.3 is 15.2 Å². The molecule has 0 amide bonds. The monoisotopic (exact) mass is 334 g/mol. The quantitative estimate of drug-likeness (QED) is 0.509. The Morgan fingerprint density at radius 3 is 2.88 bits per heavy atom. The third-order valence-corrected chi connectivity index (χ3v) is 3.56. The molecule has 6 nitrogen and oxygen atoms in total. The van der Waals surface area contributed by atoms with Gasteiger partial charge in [0.2, 0.25) is 0 Å². The van der Waals surface area contributed by atoms with Crippen molar-refractivity contribution in [2.75, 3.05) is 31.7 Å². The van der Waals surface area contributed by atoms with Crippen LogP contribution >= 0.6 is 0 Å². The van der Waals surface area contributed by atoms with Crippen molar-refractivity contribution < 1.29 is 9.84 Å². The molecular weight excluding hydrogens is 316 g/mol. The highest BCUT2D eigenvalue weighted by atomic mass is 16.5. The van der Waals surface area contributed by atoms with E-state index in [9.17, 15) is 0 Å². The third kappa shape index (κ3) is 4.10. The lowest BCUT2D eigenvalue weighted by molar-refractivity contribution is 0.0992. The highest BCUT2D eigenvalue weighted by Crippen LogP contribution is 2.25. The first-order chi connectivity index (χ1) is 12.3. The van der Waals surface area contributed by atoms with E-state index >= 15 is 0 Å². The van der Waals surface area contributed by atoms with Gasteiger partial charge in [-0.15, -0.1) is 6.42 Å². The van der Waals surface area contributed by atoms with E-state index < -0.39 is 0 Å². The van der Waals surface area contributed by atoms with E-state index in [2.05, 4.69) is 26.2 Å². The van der Waals surface area contributed by atoms with Gasteiger partial charge in [0.1, 0.15) is 5.82 Å². The van der Waals surface area contributed by atoms with Crippen molar-refractivity contribution in [2.24, 2.45) is 0 Å². The molecule has 0 aliphatic carbocycles. The van der Waals surface area contributed by atoms with E-state index in [-0.39, 0.29) is 6.61 Å². The second kappa shape index (κ2) is 8.20. The molecule has 126 valence electrons. The van der Waals surface area contributed by atoms with Crippen LogP contribution < -0.4 is 5.32 Å². The molecule has 2 aromatic heterocycles. The summed E-state index contributed by atoms with van der Waals surface area (Å²) in [6.45, 7) is 1.34. The molecule has 2 N–H and O–H groups in total. The number of aliphatic hydroxyl groups is 1. The Bertz CT molecular complexity index is 891. The smallest absolute Gasteiger partial charge is 0.163 e. The summed E-state index contributed by atoms with van der Waals surface area (Å²) in [6, 6.07) is 9.40. The Kier molecular flexibility index (Phi) is 5.52. The van der Waals surface area contributed by atoms with Crippen LogP contribution in [0.5, 0.6) is 0 Å². The van der Waals surface area contributed by atoms with Gasteiger partial charge in [-0.05, 0) is 30.3 Å². The fraction of sp³-hybridized carbons (Fsp3) is 0.211. The third-order valence-electron chi connectivity index (χ3n) is 3.56. The van der Waals surface area contributed by atoms with Gasteiger partial charge in [-0.2, -0.15) is 0 Å². The van der Waals surface area contributed by atoms with Gasteiger partial charge in [-0.25, -0.2) is 9.97 Å². The van der Waals surface area contributed by atoms with E-state index in [4.69, 9.17) is 16.3 Å². The number of nitrogens with one attached hydrogen (secondary N) is 1. The highest BCUT2D eigenvalue weighted by Gasteiger charge is 2.10.